The summed E-state index contributed by atoms with van der Waals surface area (Å²) >= 11 is 1.81. The van der Waals surface area contributed by atoms with E-state index in [0.29, 0.717) is 0 Å². The molecule has 0 saturated carbocycles. The zero-order valence-electron chi connectivity index (χ0n) is 9.73. The van der Waals surface area contributed by atoms with Crippen molar-refractivity contribution in [2.75, 3.05) is 11.9 Å². The molecule has 0 aliphatic heterocycles. The van der Waals surface area contributed by atoms with Gasteiger partial charge in [0.1, 0.15) is 0 Å². The molecule has 2 aromatic rings. The minimum absolute atomic E-state index is 0.971. The average Bonchev–Trinajstić information content (AvgIpc) is 2.88. The standard InChI is InChI=1S/C12H17N3S/c1-3-11-12(9-15(2)14-11)13-7-6-10-5-4-8-16-10/h4-5,8-9,13H,3,6-7H2,1-2H3. The molecule has 0 saturated heterocycles. The van der Waals surface area contributed by atoms with Crippen molar-refractivity contribution in [2.45, 2.75) is 19.8 Å². The Morgan fingerprint density at radius 3 is 3.06 bits per heavy atom. The molecule has 0 aromatic carbocycles. The smallest absolute Gasteiger partial charge is 0.0853 e. The first-order chi connectivity index (χ1) is 7.79. The van der Waals surface area contributed by atoms with Crippen molar-refractivity contribution < 1.29 is 0 Å². The summed E-state index contributed by atoms with van der Waals surface area (Å²) in [5.41, 5.74) is 2.32. The predicted octanol–water partition coefficient (Wildman–Crippen LogP) is 2.70. The molecule has 0 unspecified atom stereocenters. The summed E-state index contributed by atoms with van der Waals surface area (Å²) in [6.07, 6.45) is 4.10. The predicted molar refractivity (Wildman–Crippen MR) is 69.1 cm³/mol. The molecule has 86 valence electrons. The normalized spacial score (nSPS) is 10.6. The van der Waals surface area contributed by atoms with Gasteiger partial charge in [-0.15, -0.1) is 11.3 Å². The van der Waals surface area contributed by atoms with Crippen LogP contribution in [0.1, 0.15) is 17.5 Å². The Labute approximate surface area is 100 Å². The van der Waals surface area contributed by atoms with Gasteiger partial charge in [0.15, 0.2) is 0 Å². The summed E-state index contributed by atoms with van der Waals surface area (Å²) in [6, 6.07) is 4.28. The van der Waals surface area contributed by atoms with Crippen molar-refractivity contribution in [3.63, 3.8) is 0 Å². The van der Waals surface area contributed by atoms with Gasteiger partial charge in [-0.05, 0) is 24.3 Å². The van der Waals surface area contributed by atoms with E-state index in [1.54, 1.807) is 0 Å². The van der Waals surface area contributed by atoms with Crippen LogP contribution in [0, 0.1) is 0 Å². The second-order valence-electron chi connectivity index (χ2n) is 3.77. The first-order valence-electron chi connectivity index (χ1n) is 5.58. The maximum atomic E-state index is 4.40. The molecule has 4 heteroatoms. The quantitative estimate of drug-likeness (QED) is 0.863. The van der Waals surface area contributed by atoms with Crippen molar-refractivity contribution in [3.8, 4) is 0 Å². The molecule has 0 aliphatic carbocycles. The van der Waals surface area contributed by atoms with Gasteiger partial charge in [-0.3, -0.25) is 4.68 Å². The van der Waals surface area contributed by atoms with Crippen molar-refractivity contribution in [2.24, 2.45) is 7.05 Å². The van der Waals surface area contributed by atoms with E-state index < -0.39 is 0 Å². The summed E-state index contributed by atoms with van der Waals surface area (Å²) in [6.45, 7) is 3.10. The molecule has 0 radical (unpaired) electrons. The number of aromatic nitrogens is 2. The van der Waals surface area contributed by atoms with Crippen LogP contribution in [0.4, 0.5) is 5.69 Å². The summed E-state index contributed by atoms with van der Waals surface area (Å²) < 4.78 is 1.87. The van der Waals surface area contributed by atoms with Crippen molar-refractivity contribution in [1.29, 1.82) is 0 Å². The molecule has 0 amide bonds. The highest BCUT2D eigenvalue weighted by Gasteiger charge is 2.04. The maximum Gasteiger partial charge on any atom is 0.0853 e. The van der Waals surface area contributed by atoms with Gasteiger partial charge in [-0.1, -0.05) is 13.0 Å². The third-order valence-corrected chi connectivity index (χ3v) is 3.44. The zero-order valence-corrected chi connectivity index (χ0v) is 10.5. The molecule has 0 fully saturated rings. The molecule has 2 aromatic heterocycles. The van der Waals surface area contributed by atoms with Crippen LogP contribution in [0.15, 0.2) is 23.7 Å². The van der Waals surface area contributed by atoms with Crippen molar-refractivity contribution in [3.05, 3.63) is 34.3 Å². The Hall–Kier alpha value is -1.29. The Morgan fingerprint density at radius 1 is 1.50 bits per heavy atom. The third-order valence-electron chi connectivity index (χ3n) is 2.51. The van der Waals surface area contributed by atoms with E-state index in [1.807, 2.05) is 29.3 Å². The van der Waals surface area contributed by atoms with Gasteiger partial charge in [0.25, 0.3) is 0 Å². The summed E-state index contributed by atoms with van der Waals surface area (Å²) in [5, 5.41) is 9.97. The van der Waals surface area contributed by atoms with Crippen molar-refractivity contribution >= 4 is 17.0 Å². The fourth-order valence-corrected chi connectivity index (χ4v) is 2.43. The largest absolute Gasteiger partial charge is 0.382 e. The highest BCUT2D eigenvalue weighted by molar-refractivity contribution is 7.09. The van der Waals surface area contributed by atoms with E-state index in [4.69, 9.17) is 0 Å². The Bertz CT molecular complexity index is 431. The molecule has 0 bridgehead atoms. The lowest BCUT2D eigenvalue weighted by atomic mass is 10.3. The van der Waals surface area contributed by atoms with Gasteiger partial charge >= 0.3 is 0 Å². The molecule has 0 atom stereocenters. The van der Waals surface area contributed by atoms with E-state index >= 15 is 0 Å². The fourth-order valence-electron chi connectivity index (χ4n) is 1.72. The highest BCUT2D eigenvalue weighted by Crippen LogP contribution is 2.14. The number of nitrogens with zero attached hydrogens (tertiary/aromatic N) is 2. The SMILES string of the molecule is CCc1nn(C)cc1NCCc1cccs1. The number of rotatable bonds is 5. The second-order valence-corrected chi connectivity index (χ2v) is 4.81. The van der Waals surface area contributed by atoms with Crippen LogP contribution in [0.2, 0.25) is 0 Å². The molecule has 16 heavy (non-hydrogen) atoms. The number of thiophene rings is 1. The van der Waals surface area contributed by atoms with E-state index in [0.717, 1.165) is 25.1 Å². The van der Waals surface area contributed by atoms with Crippen LogP contribution in [0.5, 0.6) is 0 Å². The minimum atomic E-state index is 0.971. The van der Waals surface area contributed by atoms with E-state index in [9.17, 15) is 0 Å². The number of nitrogens with one attached hydrogen (secondary N) is 1. The molecule has 2 rings (SSSR count). The first-order valence-corrected chi connectivity index (χ1v) is 6.46. The number of hydrogen-bond donors (Lipinski definition) is 1. The second kappa shape index (κ2) is 5.16. The number of anilines is 1. The van der Waals surface area contributed by atoms with E-state index in [-0.39, 0.29) is 0 Å². The van der Waals surface area contributed by atoms with Gasteiger partial charge in [0.05, 0.1) is 11.4 Å². The lowest BCUT2D eigenvalue weighted by Crippen LogP contribution is -2.04. The lowest BCUT2D eigenvalue weighted by molar-refractivity contribution is 0.746. The van der Waals surface area contributed by atoms with Crippen LogP contribution in [0.25, 0.3) is 0 Å². The van der Waals surface area contributed by atoms with Gasteiger partial charge < -0.3 is 5.32 Å². The van der Waals surface area contributed by atoms with E-state index in [2.05, 4.69) is 34.9 Å². The topological polar surface area (TPSA) is 29.9 Å². The summed E-state index contributed by atoms with van der Waals surface area (Å²) in [7, 11) is 1.96. The summed E-state index contributed by atoms with van der Waals surface area (Å²) in [5.74, 6) is 0. The first kappa shape index (κ1) is 11.2. The fraction of sp³-hybridized carbons (Fsp3) is 0.417. The van der Waals surface area contributed by atoms with Crippen LogP contribution < -0.4 is 5.32 Å². The number of aryl methyl sites for hydroxylation is 2. The van der Waals surface area contributed by atoms with Crippen molar-refractivity contribution in [1.82, 2.24) is 9.78 Å². The van der Waals surface area contributed by atoms with Crippen LogP contribution in [-0.2, 0) is 19.9 Å². The Morgan fingerprint density at radius 2 is 2.38 bits per heavy atom. The monoisotopic (exact) mass is 235 g/mol. The molecular weight excluding hydrogens is 218 g/mol. The molecule has 3 nitrogen and oxygen atoms in total. The molecule has 2 heterocycles. The molecule has 0 aliphatic rings. The van der Waals surface area contributed by atoms with Gasteiger partial charge in [-0.2, -0.15) is 5.10 Å². The summed E-state index contributed by atoms with van der Waals surface area (Å²) in [4.78, 5) is 1.43. The maximum absolute atomic E-state index is 4.40. The van der Waals surface area contributed by atoms with Gasteiger partial charge in [-0.25, -0.2) is 0 Å². The lowest BCUT2D eigenvalue weighted by Gasteiger charge is -2.03. The highest BCUT2D eigenvalue weighted by atomic mass is 32.1. The van der Waals surface area contributed by atoms with Crippen LogP contribution in [0.3, 0.4) is 0 Å². The zero-order chi connectivity index (χ0) is 11.4. The van der Waals surface area contributed by atoms with Gasteiger partial charge in [0, 0.05) is 24.7 Å². The van der Waals surface area contributed by atoms with Crippen LogP contribution in [-0.4, -0.2) is 16.3 Å². The molecular formula is C12H17N3S. The van der Waals surface area contributed by atoms with Gasteiger partial charge in [0.2, 0.25) is 0 Å². The number of hydrogen-bond acceptors (Lipinski definition) is 3. The van der Waals surface area contributed by atoms with E-state index in [1.165, 1.54) is 10.6 Å². The molecule has 1 N–H and O–H groups in total. The Kier molecular flexibility index (Phi) is 3.62. The minimum Gasteiger partial charge on any atom is -0.382 e. The average molecular weight is 235 g/mol. The third kappa shape index (κ3) is 2.64. The molecule has 0 spiro atoms. The Balaban J connectivity index is 1.89. The van der Waals surface area contributed by atoms with Crippen LogP contribution >= 0.6 is 11.3 Å².